The highest BCUT2D eigenvalue weighted by atomic mass is 35.5. The quantitative estimate of drug-likeness (QED) is 0.265. The Kier molecular flexibility index (Phi) is 7.42. The van der Waals surface area contributed by atoms with Gasteiger partial charge in [0, 0.05) is 22.7 Å². The van der Waals surface area contributed by atoms with Gasteiger partial charge in [-0.2, -0.15) is 0 Å². The Labute approximate surface area is 213 Å². The molecule has 0 saturated heterocycles. The van der Waals surface area contributed by atoms with E-state index in [2.05, 4.69) is 41.2 Å². The van der Waals surface area contributed by atoms with Crippen LogP contribution in [0.5, 0.6) is 5.75 Å². The van der Waals surface area contributed by atoms with Gasteiger partial charge in [-0.3, -0.25) is 4.18 Å². The van der Waals surface area contributed by atoms with Crippen LogP contribution >= 0.6 is 11.6 Å². The Hall–Kier alpha value is -2.41. The van der Waals surface area contributed by atoms with Gasteiger partial charge in [-0.25, -0.2) is 9.19 Å². The first-order chi connectivity index (χ1) is 17.1. The fourth-order valence-electron chi connectivity index (χ4n) is 5.06. The number of fused-ring (bicyclic) bond motifs is 3. The Morgan fingerprint density at radius 1 is 1.11 bits per heavy atom. The third-order valence-corrected chi connectivity index (χ3v) is 8.09. The van der Waals surface area contributed by atoms with Crippen LogP contribution in [0.3, 0.4) is 0 Å². The van der Waals surface area contributed by atoms with Crippen LogP contribution in [0.25, 0.3) is 33.1 Å². The molecule has 0 amide bonds. The zero-order valence-electron chi connectivity index (χ0n) is 20.2. The molecule has 4 aromatic rings. The lowest BCUT2D eigenvalue weighted by atomic mass is 9.86. The monoisotopic (exact) mass is 510 g/mol. The summed E-state index contributed by atoms with van der Waals surface area (Å²) in [4.78, 5) is 8.04. The summed E-state index contributed by atoms with van der Waals surface area (Å²) in [5.74, 6) is 2.16. The number of nitrogens with one attached hydrogen (secondary N) is 1. The number of hydrogen-bond donors (Lipinski definition) is 1. The van der Waals surface area contributed by atoms with E-state index in [9.17, 15) is 4.21 Å². The second kappa shape index (κ2) is 10.7. The Morgan fingerprint density at radius 3 is 2.71 bits per heavy atom. The summed E-state index contributed by atoms with van der Waals surface area (Å²) in [6.45, 7) is 4.43. The summed E-state index contributed by atoms with van der Waals surface area (Å²) in [5.41, 5.74) is 4.82. The summed E-state index contributed by atoms with van der Waals surface area (Å²) in [5, 5.41) is 2.61. The van der Waals surface area contributed by atoms with Crippen LogP contribution in [-0.4, -0.2) is 26.0 Å². The number of benzene rings is 2. The van der Waals surface area contributed by atoms with Crippen LogP contribution in [0.4, 0.5) is 0 Å². The number of aromatic nitrogens is 2. The maximum absolute atomic E-state index is 11.7. The van der Waals surface area contributed by atoms with Crippen molar-refractivity contribution < 1.29 is 13.1 Å². The lowest BCUT2D eigenvalue weighted by molar-refractivity contribution is 0.131. The van der Waals surface area contributed by atoms with Crippen molar-refractivity contribution in [3.63, 3.8) is 0 Å². The molecular weight excluding hydrogens is 480 g/mol. The van der Waals surface area contributed by atoms with E-state index in [0.29, 0.717) is 17.4 Å². The second-order valence-electron chi connectivity index (χ2n) is 9.26. The van der Waals surface area contributed by atoms with E-state index < -0.39 is 11.1 Å². The number of halogens is 1. The summed E-state index contributed by atoms with van der Waals surface area (Å²) < 4.78 is 23.8. The van der Waals surface area contributed by atoms with Crippen molar-refractivity contribution in [2.75, 3.05) is 5.75 Å². The lowest BCUT2D eigenvalue weighted by Gasteiger charge is -2.28. The molecule has 1 atom stereocenters. The van der Waals surface area contributed by atoms with Gasteiger partial charge in [0.2, 0.25) is 0 Å². The van der Waals surface area contributed by atoms with Crippen LogP contribution in [0.15, 0.2) is 48.7 Å². The zero-order chi connectivity index (χ0) is 24.4. The van der Waals surface area contributed by atoms with E-state index in [0.717, 1.165) is 63.1 Å². The minimum absolute atomic E-state index is 0.231. The number of H-pyrrole nitrogens is 1. The lowest BCUT2D eigenvalue weighted by Crippen LogP contribution is -2.24. The molecule has 2 aromatic carbocycles. The first-order valence-corrected chi connectivity index (χ1v) is 14.1. The van der Waals surface area contributed by atoms with Gasteiger partial charge in [0.25, 0.3) is 0 Å². The van der Waals surface area contributed by atoms with Crippen molar-refractivity contribution in [2.24, 2.45) is 5.92 Å². The highest BCUT2D eigenvalue weighted by Gasteiger charge is 2.23. The van der Waals surface area contributed by atoms with E-state index in [1.807, 2.05) is 25.1 Å². The minimum Gasteiger partial charge on any atom is -0.488 e. The minimum atomic E-state index is -1.27. The topological polar surface area (TPSA) is 64.2 Å². The van der Waals surface area contributed by atoms with E-state index in [-0.39, 0.29) is 6.10 Å². The van der Waals surface area contributed by atoms with Gasteiger partial charge in [0.15, 0.2) is 11.1 Å². The maximum Gasteiger partial charge on any atom is 0.155 e. The molecule has 1 saturated carbocycles. The van der Waals surface area contributed by atoms with Crippen molar-refractivity contribution in [1.82, 2.24) is 9.97 Å². The molecule has 0 spiro atoms. The number of aromatic amines is 1. The molecule has 1 aliphatic carbocycles. The first kappa shape index (κ1) is 24.3. The average Bonchev–Trinajstić information content (AvgIpc) is 3.27. The number of ether oxygens (including phenoxy) is 1. The van der Waals surface area contributed by atoms with Gasteiger partial charge in [0.05, 0.1) is 23.3 Å². The second-order valence-corrected chi connectivity index (χ2v) is 11.1. The third kappa shape index (κ3) is 5.25. The third-order valence-electron chi connectivity index (χ3n) is 7.03. The number of hydrogen-bond acceptors (Lipinski definition) is 4. The number of rotatable bonds is 8. The number of pyridine rings is 1. The standard InChI is InChI=1S/C28H31ClN2O3S/c1-3-18-8-10-22(11-9-18)34-25-13-12-23(20-7-5-6-19(14-20)17-33-35(32)4-2)26-24-15-21(29)16-30-28(24)31-27(25)26/h5-7,12-16,18,22H,3-4,8-11,17H2,1-2H3,(H,30,31). The molecule has 0 bridgehead atoms. The summed E-state index contributed by atoms with van der Waals surface area (Å²) >= 11 is 5.08. The van der Waals surface area contributed by atoms with Crippen LogP contribution in [0.2, 0.25) is 5.02 Å². The fraction of sp³-hybridized carbons (Fsp3) is 0.393. The fourth-order valence-corrected chi connectivity index (χ4v) is 5.65. The smallest absolute Gasteiger partial charge is 0.155 e. The molecule has 1 fully saturated rings. The van der Waals surface area contributed by atoms with Crippen LogP contribution in [0, 0.1) is 5.92 Å². The predicted octanol–water partition coefficient (Wildman–Crippen LogP) is 7.58. The van der Waals surface area contributed by atoms with Gasteiger partial charge >= 0.3 is 0 Å². The first-order valence-electron chi connectivity index (χ1n) is 12.4. The molecule has 1 unspecified atom stereocenters. The van der Waals surface area contributed by atoms with E-state index in [4.69, 9.17) is 20.5 Å². The Morgan fingerprint density at radius 2 is 1.94 bits per heavy atom. The highest BCUT2D eigenvalue weighted by Crippen LogP contribution is 2.41. The molecule has 5 nitrogen and oxygen atoms in total. The van der Waals surface area contributed by atoms with Crippen molar-refractivity contribution in [3.8, 4) is 16.9 Å². The normalized spacial score (nSPS) is 19.3. The van der Waals surface area contributed by atoms with Crippen molar-refractivity contribution in [2.45, 2.75) is 58.7 Å². The van der Waals surface area contributed by atoms with E-state index in [1.165, 1.54) is 19.3 Å². The molecule has 2 aromatic heterocycles. The van der Waals surface area contributed by atoms with Gasteiger partial charge in [-0.1, -0.05) is 50.1 Å². The molecule has 0 radical (unpaired) electrons. The SMILES string of the molecule is CCC1CCC(Oc2ccc(-c3cccc(COS(=O)CC)c3)c3c2[nH]c2ncc(Cl)cc23)CC1. The van der Waals surface area contributed by atoms with Crippen LogP contribution in [-0.2, 0) is 21.9 Å². The van der Waals surface area contributed by atoms with Gasteiger partial charge in [-0.05, 0) is 72.6 Å². The van der Waals surface area contributed by atoms with Crippen molar-refractivity contribution in [3.05, 3.63) is 59.2 Å². The number of nitrogens with zero attached hydrogens (tertiary/aromatic N) is 1. The molecule has 184 valence electrons. The predicted molar refractivity (Wildman–Crippen MR) is 144 cm³/mol. The molecule has 1 aliphatic rings. The molecule has 35 heavy (non-hydrogen) atoms. The van der Waals surface area contributed by atoms with E-state index >= 15 is 0 Å². The van der Waals surface area contributed by atoms with E-state index in [1.54, 1.807) is 6.20 Å². The van der Waals surface area contributed by atoms with Gasteiger partial charge in [0.1, 0.15) is 11.4 Å². The van der Waals surface area contributed by atoms with Crippen molar-refractivity contribution in [1.29, 1.82) is 0 Å². The average molecular weight is 511 g/mol. The van der Waals surface area contributed by atoms with Gasteiger partial charge in [-0.15, -0.1) is 0 Å². The molecule has 2 heterocycles. The summed E-state index contributed by atoms with van der Waals surface area (Å²) in [6, 6.07) is 14.3. The molecular formula is C28H31ClN2O3S. The summed E-state index contributed by atoms with van der Waals surface area (Å²) in [6.07, 6.45) is 7.78. The Balaban J connectivity index is 1.55. The molecule has 7 heteroatoms. The zero-order valence-corrected chi connectivity index (χ0v) is 21.8. The highest BCUT2D eigenvalue weighted by molar-refractivity contribution is 7.80. The molecule has 1 N–H and O–H groups in total. The molecule has 0 aliphatic heterocycles. The van der Waals surface area contributed by atoms with Crippen LogP contribution < -0.4 is 4.74 Å². The van der Waals surface area contributed by atoms with Gasteiger partial charge < -0.3 is 9.72 Å². The summed E-state index contributed by atoms with van der Waals surface area (Å²) in [7, 11) is 0. The molecule has 5 rings (SSSR count). The van der Waals surface area contributed by atoms with Crippen molar-refractivity contribution >= 4 is 44.6 Å². The largest absolute Gasteiger partial charge is 0.488 e. The maximum atomic E-state index is 11.7. The Bertz CT molecular complexity index is 1360. The van der Waals surface area contributed by atoms with Crippen LogP contribution in [0.1, 0.15) is 51.5 Å².